The van der Waals surface area contributed by atoms with Gasteiger partial charge in [0.15, 0.2) is 0 Å². The molecule has 0 saturated heterocycles. The summed E-state index contributed by atoms with van der Waals surface area (Å²) >= 11 is 1.49. The van der Waals surface area contributed by atoms with Crippen molar-refractivity contribution in [1.29, 1.82) is 0 Å². The standard InChI is InChI=1S/C16H27N3OS/c1-11(2)8-9-19(13-6-4-5-7-13)16(20)14-10-21-15(18-14)12(3)17/h10-13H,4-9,17H2,1-3H3. The molecule has 4 nitrogen and oxygen atoms in total. The average molecular weight is 309 g/mol. The van der Waals surface area contributed by atoms with Crippen molar-refractivity contribution in [3.8, 4) is 0 Å². The Morgan fingerprint density at radius 2 is 2.10 bits per heavy atom. The first-order valence-corrected chi connectivity index (χ1v) is 8.89. The third-order valence-electron chi connectivity index (χ3n) is 4.10. The molecule has 0 aliphatic heterocycles. The van der Waals surface area contributed by atoms with Crippen LogP contribution in [0.15, 0.2) is 5.38 Å². The minimum absolute atomic E-state index is 0.0886. The maximum atomic E-state index is 12.8. The van der Waals surface area contributed by atoms with E-state index in [-0.39, 0.29) is 11.9 Å². The van der Waals surface area contributed by atoms with Crippen LogP contribution in [-0.2, 0) is 0 Å². The van der Waals surface area contributed by atoms with Crippen molar-refractivity contribution in [2.24, 2.45) is 11.7 Å². The Kier molecular flexibility index (Phi) is 5.76. The van der Waals surface area contributed by atoms with Gasteiger partial charge in [0, 0.05) is 18.0 Å². The van der Waals surface area contributed by atoms with Gasteiger partial charge in [-0.25, -0.2) is 4.98 Å². The summed E-state index contributed by atoms with van der Waals surface area (Å²) in [6, 6.07) is 0.295. The van der Waals surface area contributed by atoms with E-state index in [2.05, 4.69) is 23.7 Å². The van der Waals surface area contributed by atoms with Crippen LogP contribution in [0.5, 0.6) is 0 Å². The fourth-order valence-corrected chi connectivity index (χ4v) is 3.56. The minimum atomic E-state index is -0.104. The van der Waals surface area contributed by atoms with Gasteiger partial charge in [0.05, 0.1) is 6.04 Å². The van der Waals surface area contributed by atoms with E-state index in [1.807, 2.05) is 12.3 Å². The lowest BCUT2D eigenvalue weighted by Gasteiger charge is -2.29. The zero-order valence-electron chi connectivity index (χ0n) is 13.3. The Morgan fingerprint density at radius 1 is 1.43 bits per heavy atom. The first kappa shape index (κ1) is 16.4. The molecule has 21 heavy (non-hydrogen) atoms. The molecule has 1 saturated carbocycles. The molecule has 0 bridgehead atoms. The van der Waals surface area contributed by atoms with Gasteiger partial charge < -0.3 is 10.6 Å². The lowest BCUT2D eigenvalue weighted by molar-refractivity contribution is 0.0666. The summed E-state index contributed by atoms with van der Waals surface area (Å²) in [6.07, 6.45) is 5.78. The summed E-state index contributed by atoms with van der Waals surface area (Å²) in [7, 11) is 0. The second-order valence-corrected chi connectivity index (χ2v) is 7.37. The van der Waals surface area contributed by atoms with Gasteiger partial charge in [-0.05, 0) is 32.1 Å². The fourth-order valence-electron chi connectivity index (χ4n) is 2.81. The molecule has 1 unspecified atom stereocenters. The molecule has 0 aromatic carbocycles. The fraction of sp³-hybridized carbons (Fsp3) is 0.750. The molecule has 0 spiro atoms. The van der Waals surface area contributed by atoms with Crippen molar-refractivity contribution in [3.63, 3.8) is 0 Å². The maximum absolute atomic E-state index is 12.8. The Hall–Kier alpha value is -0.940. The molecule has 1 heterocycles. The van der Waals surface area contributed by atoms with Crippen LogP contribution in [0, 0.1) is 5.92 Å². The van der Waals surface area contributed by atoms with Crippen molar-refractivity contribution >= 4 is 17.2 Å². The number of aromatic nitrogens is 1. The van der Waals surface area contributed by atoms with Crippen molar-refractivity contribution in [2.75, 3.05) is 6.54 Å². The number of thiazole rings is 1. The first-order chi connectivity index (χ1) is 9.99. The summed E-state index contributed by atoms with van der Waals surface area (Å²) in [5, 5.41) is 2.70. The van der Waals surface area contributed by atoms with Crippen LogP contribution in [0.25, 0.3) is 0 Å². The molecular weight excluding hydrogens is 282 g/mol. The van der Waals surface area contributed by atoms with Crippen molar-refractivity contribution in [2.45, 2.75) is 65.0 Å². The zero-order valence-corrected chi connectivity index (χ0v) is 14.2. The summed E-state index contributed by atoms with van der Waals surface area (Å²) in [6.45, 7) is 7.15. The van der Waals surface area contributed by atoms with Crippen LogP contribution in [0.3, 0.4) is 0 Å². The number of nitrogens with two attached hydrogens (primary N) is 1. The molecule has 2 rings (SSSR count). The van der Waals surface area contributed by atoms with E-state index in [1.54, 1.807) is 0 Å². The summed E-state index contributed by atoms with van der Waals surface area (Å²) in [5.74, 6) is 0.697. The predicted molar refractivity (Wildman–Crippen MR) is 87.5 cm³/mol. The van der Waals surface area contributed by atoms with Gasteiger partial charge in [0.25, 0.3) is 5.91 Å². The highest BCUT2D eigenvalue weighted by molar-refractivity contribution is 7.09. The average Bonchev–Trinajstić information content (AvgIpc) is 3.09. The van der Waals surface area contributed by atoms with Gasteiger partial charge in [0.2, 0.25) is 0 Å². The van der Waals surface area contributed by atoms with Gasteiger partial charge in [-0.3, -0.25) is 4.79 Å². The molecular formula is C16H27N3OS. The minimum Gasteiger partial charge on any atom is -0.334 e. The smallest absolute Gasteiger partial charge is 0.273 e. The van der Waals surface area contributed by atoms with E-state index in [0.717, 1.165) is 30.8 Å². The lowest BCUT2D eigenvalue weighted by atomic mass is 10.1. The number of carbonyl (C=O) groups is 1. The van der Waals surface area contributed by atoms with Gasteiger partial charge >= 0.3 is 0 Å². The van der Waals surface area contributed by atoms with Crippen molar-refractivity contribution in [1.82, 2.24) is 9.88 Å². The van der Waals surface area contributed by atoms with E-state index >= 15 is 0 Å². The van der Waals surface area contributed by atoms with Gasteiger partial charge in [-0.1, -0.05) is 26.7 Å². The number of carbonyl (C=O) groups excluding carboxylic acids is 1. The molecule has 5 heteroatoms. The van der Waals surface area contributed by atoms with Gasteiger partial charge in [0.1, 0.15) is 10.7 Å². The van der Waals surface area contributed by atoms with Crippen LogP contribution < -0.4 is 5.73 Å². The van der Waals surface area contributed by atoms with Gasteiger partial charge in [-0.2, -0.15) is 0 Å². The van der Waals surface area contributed by atoms with E-state index < -0.39 is 0 Å². The second-order valence-electron chi connectivity index (χ2n) is 6.48. The van der Waals surface area contributed by atoms with Crippen molar-refractivity contribution in [3.05, 3.63) is 16.1 Å². The van der Waals surface area contributed by atoms with Crippen LogP contribution >= 0.6 is 11.3 Å². The molecule has 1 aromatic heterocycles. The van der Waals surface area contributed by atoms with Crippen LogP contribution in [0.1, 0.15) is 74.4 Å². The number of nitrogens with zero attached hydrogens (tertiary/aromatic N) is 2. The molecule has 1 aromatic rings. The Labute approximate surface area is 131 Å². The van der Waals surface area contributed by atoms with Crippen LogP contribution in [0.2, 0.25) is 0 Å². The molecule has 1 aliphatic rings. The molecule has 1 amide bonds. The predicted octanol–water partition coefficient (Wildman–Crippen LogP) is 3.59. The monoisotopic (exact) mass is 309 g/mol. The van der Waals surface area contributed by atoms with Crippen molar-refractivity contribution < 1.29 is 4.79 Å². The maximum Gasteiger partial charge on any atom is 0.273 e. The normalized spacial score (nSPS) is 17.4. The number of rotatable bonds is 6. The molecule has 2 N–H and O–H groups in total. The zero-order chi connectivity index (χ0) is 15.4. The van der Waals surface area contributed by atoms with Crippen LogP contribution in [-0.4, -0.2) is 28.4 Å². The van der Waals surface area contributed by atoms with E-state index in [9.17, 15) is 4.79 Å². The van der Waals surface area contributed by atoms with Gasteiger partial charge in [-0.15, -0.1) is 11.3 Å². The third-order valence-corrected chi connectivity index (χ3v) is 5.15. The summed E-state index contributed by atoms with van der Waals surface area (Å²) < 4.78 is 0. The Morgan fingerprint density at radius 3 is 2.62 bits per heavy atom. The highest BCUT2D eigenvalue weighted by Crippen LogP contribution is 2.26. The highest BCUT2D eigenvalue weighted by atomic mass is 32.1. The quantitative estimate of drug-likeness (QED) is 0.873. The summed E-state index contributed by atoms with van der Waals surface area (Å²) in [4.78, 5) is 19.3. The number of amides is 1. The third kappa shape index (κ3) is 4.27. The Bertz CT molecular complexity index is 464. The lowest BCUT2D eigenvalue weighted by Crippen LogP contribution is -2.40. The summed E-state index contributed by atoms with van der Waals surface area (Å²) in [5.41, 5.74) is 6.42. The Balaban J connectivity index is 2.11. The first-order valence-electron chi connectivity index (χ1n) is 8.01. The van der Waals surface area contributed by atoms with E-state index in [0.29, 0.717) is 17.7 Å². The molecule has 0 radical (unpaired) electrons. The second kappa shape index (κ2) is 7.36. The molecule has 118 valence electrons. The van der Waals surface area contributed by atoms with E-state index in [4.69, 9.17) is 5.73 Å². The largest absolute Gasteiger partial charge is 0.334 e. The number of hydrogen-bond acceptors (Lipinski definition) is 4. The van der Waals surface area contributed by atoms with E-state index in [1.165, 1.54) is 24.2 Å². The number of hydrogen-bond donors (Lipinski definition) is 1. The highest BCUT2D eigenvalue weighted by Gasteiger charge is 2.28. The molecule has 1 fully saturated rings. The SMILES string of the molecule is CC(C)CCN(C(=O)c1csc(C(C)N)n1)C1CCCC1. The molecule has 1 atom stereocenters. The molecule has 1 aliphatic carbocycles. The topological polar surface area (TPSA) is 59.2 Å². The van der Waals surface area contributed by atoms with Crippen LogP contribution in [0.4, 0.5) is 0 Å².